The van der Waals surface area contributed by atoms with E-state index in [4.69, 9.17) is 4.74 Å². The number of hydrogen-bond acceptors (Lipinski definition) is 5. The third-order valence-corrected chi connectivity index (χ3v) is 5.19. The molecule has 26 heavy (non-hydrogen) atoms. The smallest absolute Gasteiger partial charge is 0.307 e. The van der Waals surface area contributed by atoms with Gasteiger partial charge in [-0.05, 0) is 31.5 Å². The number of carbonyl (C=O) groups is 2. The lowest BCUT2D eigenvalue weighted by Gasteiger charge is -2.08. The fraction of sp³-hybridized carbons (Fsp3) is 0.263. The molecule has 0 atom stereocenters. The van der Waals surface area contributed by atoms with E-state index in [0.29, 0.717) is 5.56 Å². The Morgan fingerprint density at radius 2 is 1.62 bits per heavy atom. The second-order valence-electron chi connectivity index (χ2n) is 5.87. The molecule has 0 saturated heterocycles. The average Bonchev–Trinajstić information content (AvgIpc) is 2.61. The first-order valence-electron chi connectivity index (χ1n) is 8.10. The second-order valence-corrected chi connectivity index (χ2v) is 7.64. The summed E-state index contributed by atoms with van der Waals surface area (Å²) in [5.74, 6) is -0.626. The number of ketones is 1. The van der Waals surface area contributed by atoms with Crippen LogP contribution in [0.25, 0.3) is 0 Å². The van der Waals surface area contributed by atoms with Crippen LogP contribution in [0.5, 0.6) is 0 Å². The van der Waals surface area contributed by atoms with Gasteiger partial charge in [0.25, 0.3) is 0 Å². The maximum atomic E-state index is 12.2. The Bertz CT molecular complexity index is 871. The fourth-order valence-corrected chi connectivity index (χ4v) is 3.19. The Kier molecular flexibility index (Phi) is 6.65. The maximum Gasteiger partial charge on any atom is 0.307 e. The predicted octanol–water partition coefficient (Wildman–Crippen LogP) is 2.61. The van der Waals surface area contributed by atoms with E-state index in [1.807, 2.05) is 31.2 Å². The zero-order chi connectivity index (χ0) is 19.2. The van der Waals surface area contributed by atoms with Crippen molar-refractivity contribution in [3.63, 3.8) is 0 Å². The van der Waals surface area contributed by atoms with Crippen molar-refractivity contribution in [1.82, 2.24) is 4.72 Å². The standard InChI is InChI=1S/C19H21NO5S/c1-14-3-5-16(6-4-14)13-25-19(22)11-12-20-26(23,24)18-9-7-17(8-10-18)15(2)21/h3-10,20H,11-13H2,1-2H3. The molecule has 0 fully saturated rings. The first-order valence-corrected chi connectivity index (χ1v) is 9.58. The number of nitrogens with one attached hydrogen (secondary N) is 1. The minimum absolute atomic E-state index is 0.0375. The van der Waals surface area contributed by atoms with Gasteiger partial charge in [0.05, 0.1) is 11.3 Å². The van der Waals surface area contributed by atoms with Crippen LogP contribution >= 0.6 is 0 Å². The zero-order valence-corrected chi connectivity index (χ0v) is 15.5. The van der Waals surface area contributed by atoms with Gasteiger partial charge in [-0.1, -0.05) is 42.0 Å². The summed E-state index contributed by atoms with van der Waals surface area (Å²) in [6, 6.07) is 13.2. The van der Waals surface area contributed by atoms with Crippen LogP contribution in [-0.4, -0.2) is 26.7 Å². The molecule has 0 aromatic heterocycles. The molecule has 0 radical (unpaired) electrons. The summed E-state index contributed by atoms with van der Waals surface area (Å²) in [6.07, 6.45) is -0.0728. The lowest BCUT2D eigenvalue weighted by Crippen LogP contribution is -2.26. The molecule has 138 valence electrons. The van der Waals surface area contributed by atoms with Crippen molar-refractivity contribution < 1.29 is 22.7 Å². The van der Waals surface area contributed by atoms with Crippen LogP contribution in [-0.2, 0) is 26.2 Å². The van der Waals surface area contributed by atoms with Gasteiger partial charge in [0.15, 0.2) is 5.78 Å². The number of esters is 1. The van der Waals surface area contributed by atoms with Crippen LogP contribution in [0.3, 0.4) is 0 Å². The molecule has 0 aliphatic carbocycles. The number of sulfonamides is 1. The Balaban J connectivity index is 1.80. The maximum absolute atomic E-state index is 12.2. The van der Waals surface area contributed by atoms with Gasteiger partial charge in [0.1, 0.15) is 6.61 Å². The van der Waals surface area contributed by atoms with Crippen molar-refractivity contribution in [2.24, 2.45) is 0 Å². The topological polar surface area (TPSA) is 89.5 Å². The molecule has 2 aromatic carbocycles. The van der Waals surface area contributed by atoms with Crippen LogP contribution in [0.15, 0.2) is 53.4 Å². The third kappa shape index (κ3) is 5.79. The molecular formula is C19H21NO5S. The molecule has 7 heteroatoms. The van der Waals surface area contributed by atoms with Crippen LogP contribution in [0.4, 0.5) is 0 Å². The molecule has 0 heterocycles. The molecule has 0 aliphatic heterocycles. The molecule has 0 spiro atoms. The van der Waals surface area contributed by atoms with Gasteiger partial charge in [-0.2, -0.15) is 0 Å². The molecule has 2 aromatic rings. The van der Waals surface area contributed by atoms with Gasteiger partial charge in [-0.3, -0.25) is 9.59 Å². The van der Waals surface area contributed by atoms with Crippen LogP contribution in [0.2, 0.25) is 0 Å². The van der Waals surface area contributed by atoms with Gasteiger partial charge in [0.2, 0.25) is 10.0 Å². The van der Waals surface area contributed by atoms with Crippen LogP contribution in [0, 0.1) is 6.92 Å². The summed E-state index contributed by atoms with van der Waals surface area (Å²) < 4.78 is 31.8. The summed E-state index contributed by atoms with van der Waals surface area (Å²) in [6.45, 7) is 3.46. The Morgan fingerprint density at radius 1 is 1.00 bits per heavy atom. The average molecular weight is 375 g/mol. The normalized spacial score (nSPS) is 11.2. The predicted molar refractivity (Wildman–Crippen MR) is 97.2 cm³/mol. The highest BCUT2D eigenvalue weighted by Crippen LogP contribution is 2.11. The van der Waals surface area contributed by atoms with E-state index in [-0.39, 0.29) is 30.3 Å². The van der Waals surface area contributed by atoms with Crippen LogP contribution < -0.4 is 4.72 Å². The molecule has 0 aliphatic rings. The van der Waals surface area contributed by atoms with Crippen molar-refractivity contribution in [1.29, 1.82) is 0 Å². The quantitative estimate of drug-likeness (QED) is 0.566. The molecule has 2 rings (SSSR count). The fourth-order valence-electron chi connectivity index (χ4n) is 2.16. The Hall–Kier alpha value is -2.51. The summed E-state index contributed by atoms with van der Waals surface area (Å²) in [7, 11) is -3.74. The molecule has 0 saturated carbocycles. The lowest BCUT2D eigenvalue weighted by atomic mass is 10.2. The number of Topliss-reactive ketones (excluding diaryl/α,β-unsaturated/α-hetero) is 1. The number of ether oxygens (including phenoxy) is 1. The summed E-state index contributed by atoms with van der Waals surface area (Å²) in [5, 5.41) is 0. The van der Waals surface area contributed by atoms with Crippen molar-refractivity contribution in [2.45, 2.75) is 31.8 Å². The monoisotopic (exact) mass is 375 g/mol. The summed E-state index contributed by atoms with van der Waals surface area (Å²) >= 11 is 0. The van der Waals surface area contributed by atoms with Gasteiger partial charge >= 0.3 is 5.97 Å². The lowest BCUT2D eigenvalue weighted by molar-refractivity contribution is -0.144. The van der Waals surface area contributed by atoms with Crippen LogP contribution in [0.1, 0.15) is 34.8 Å². The molecule has 0 unspecified atom stereocenters. The van der Waals surface area contributed by atoms with Crippen molar-refractivity contribution >= 4 is 21.8 Å². The molecule has 0 bridgehead atoms. The highest BCUT2D eigenvalue weighted by molar-refractivity contribution is 7.89. The summed E-state index contributed by atoms with van der Waals surface area (Å²) in [5.41, 5.74) is 2.42. The minimum atomic E-state index is -3.74. The molecule has 1 N–H and O–H groups in total. The minimum Gasteiger partial charge on any atom is -0.461 e. The third-order valence-electron chi connectivity index (χ3n) is 3.71. The number of rotatable bonds is 8. The molecule has 0 amide bonds. The summed E-state index contributed by atoms with van der Waals surface area (Å²) in [4.78, 5) is 23.0. The zero-order valence-electron chi connectivity index (χ0n) is 14.7. The number of benzene rings is 2. The SMILES string of the molecule is CC(=O)c1ccc(S(=O)(=O)NCCC(=O)OCc2ccc(C)cc2)cc1. The van der Waals surface area contributed by atoms with Gasteiger partial charge in [0, 0.05) is 12.1 Å². The molecular weight excluding hydrogens is 354 g/mol. The van der Waals surface area contributed by atoms with E-state index in [2.05, 4.69) is 4.72 Å². The Morgan fingerprint density at radius 3 is 2.19 bits per heavy atom. The first-order chi connectivity index (χ1) is 12.3. The largest absolute Gasteiger partial charge is 0.461 e. The molecule has 6 nitrogen and oxygen atoms in total. The van der Waals surface area contributed by atoms with Crippen molar-refractivity contribution in [2.75, 3.05) is 6.54 Å². The van der Waals surface area contributed by atoms with E-state index in [9.17, 15) is 18.0 Å². The van der Waals surface area contributed by atoms with Gasteiger partial charge in [-0.25, -0.2) is 13.1 Å². The van der Waals surface area contributed by atoms with E-state index in [0.717, 1.165) is 11.1 Å². The van der Waals surface area contributed by atoms with E-state index in [1.165, 1.54) is 31.2 Å². The van der Waals surface area contributed by atoms with E-state index < -0.39 is 16.0 Å². The number of hydrogen-bond donors (Lipinski definition) is 1. The highest BCUT2D eigenvalue weighted by atomic mass is 32.2. The van der Waals surface area contributed by atoms with Gasteiger partial charge < -0.3 is 4.74 Å². The number of aryl methyl sites for hydroxylation is 1. The highest BCUT2D eigenvalue weighted by Gasteiger charge is 2.15. The van der Waals surface area contributed by atoms with Crippen molar-refractivity contribution in [3.8, 4) is 0 Å². The number of carbonyl (C=O) groups excluding carboxylic acids is 2. The van der Waals surface area contributed by atoms with Gasteiger partial charge in [-0.15, -0.1) is 0 Å². The van der Waals surface area contributed by atoms with E-state index in [1.54, 1.807) is 0 Å². The Labute approximate surface area is 153 Å². The second kappa shape index (κ2) is 8.73. The first kappa shape index (κ1) is 19.8. The van der Waals surface area contributed by atoms with Crippen molar-refractivity contribution in [3.05, 3.63) is 65.2 Å². The van der Waals surface area contributed by atoms with E-state index >= 15 is 0 Å².